The van der Waals surface area contributed by atoms with Crippen LogP contribution in [0.1, 0.15) is 40.0 Å². The summed E-state index contributed by atoms with van der Waals surface area (Å²) in [4.78, 5) is 7.01. The molecule has 1 aromatic rings. The summed E-state index contributed by atoms with van der Waals surface area (Å²) in [6.45, 7) is 9.35. The van der Waals surface area contributed by atoms with E-state index in [1.807, 2.05) is 19.9 Å². The number of nitrogens with one attached hydrogen (secondary N) is 2. The lowest BCUT2D eigenvalue weighted by atomic mass is 9.98. The van der Waals surface area contributed by atoms with Crippen LogP contribution in [-0.2, 0) is 0 Å². The van der Waals surface area contributed by atoms with E-state index in [0.29, 0.717) is 12.6 Å². The molecule has 3 N–H and O–H groups in total. The first kappa shape index (κ1) is 18.6. The molecule has 0 amide bonds. The molecule has 5 nitrogen and oxygen atoms in total. The Bertz CT molecular complexity index is 513. The Morgan fingerprint density at radius 3 is 2.58 bits per heavy atom. The molecule has 1 aliphatic rings. The molecule has 2 rings (SSSR count). The quantitative estimate of drug-likeness (QED) is 0.530. The van der Waals surface area contributed by atoms with Crippen LogP contribution in [0.15, 0.2) is 35.3 Å². The van der Waals surface area contributed by atoms with Gasteiger partial charge in [-0.05, 0) is 38.3 Å². The Hall–Kier alpha value is -1.75. The van der Waals surface area contributed by atoms with Gasteiger partial charge in [0, 0.05) is 31.4 Å². The molecule has 0 radical (unpaired) electrons. The number of aliphatic imine (C=N–C) groups is 1. The summed E-state index contributed by atoms with van der Waals surface area (Å²) in [5.74, 6) is 0.803. The summed E-state index contributed by atoms with van der Waals surface area (Å²) >= 11 is 0. The van der Waals surface area contributed by atoms with Crippen LogP contribution in [0.3, 0.4) is 0 Å². The molecular weight excluding hydrogens is 300 g/mol. The van der Waals surface area contributed by atoms with Gasteiger partial charge in [0.25, 0.3) is 0 Å². The van der Waals surface area contributed by atoms with Crippen molar-refractivity contribution in [3.8, 4) is 0 Å². The number of hydrogen-bond donors (Lipinski definition) is 3. The molecule has 1 unspecified atom stereocenters. The van der Waals surface area contributed by atoms with Gasteiger partial charge in [0.15, 0.2) is 5.96 Å². The first-order valence-electron chi connectivity index (χ1n) is 9.17. The average Bonchev–Trinajstić information content (AvgIpc) is 3.09. The largest absolute Gasteiger partial charge is 0.388 e. The van der Waals surface area contributed by atoms with Crippen molar-refractivity contribution in [2.75, 3.05) is 31.1 Å². The lowest BCUT2D eigenvalue weighted by Gasteiger charge is -2.24. The highest BCUT2D eigenvalue weighted by molar-refractivity contribution is 5.80. The zero-order chi connectivity index (χ0) is 17.4. The number of benzene rings is 1. The second-order valence-corrected chi connectivity index (χ2v) is 6.54. The minimum Gasteiger partial charge on any atom is -0.388 e. The number of anilines is 1. The molecule has 1 saturated heterocycles. The van der Waals surface area contributed by atoms with E-state index < -0.39 is 5.60 Å². The van der Waals surface area contributed by atoms with Gasteiger partial charge in [0.05, 0.1) is 12.1 Å². The molecule has 0 aromatic heterocycles. The number of nitrogens with zero attached hydrogens (tertiary/aromatic N) is 2. The van der Waals surface area contributed by atoms with Gasteiger partial charge in [-0.1, -0.05) is 32.0 Å². The summed E-state index contributed by atoms with van der Waals surface area (Å²) in [5.41, 5.74) is 0.573. The van der Waals surface area contributed by atoms with Crippen molar-refractivity contribution in [2.45, 2.75) is 51.7 Å². The van der Waals surface area contributed by atoms with Crippen molar-refractivity contribution in [3.63, 3.8) is 0 Å². The maximum absolute atomic E-state index is 10.4. The molecule has 1 aromatic carbocycles. The van der Waals surface area contributed by atoms with E-state index in [2.05, 4.69) is 51.7 Å². The summed E-state index contributed by atoms with van der Waals surface area (Å²) in [6, 6.07) is 10.9. The fraction of sp³-hybridized carbons (Fsp3) is 0.632. The normalized spacial score (nSPS) is 18.8. The number of aliphatic hydroxyl groups is 1. The fourth-order valence-corrected chi connectivity index (χ4v) is 2.96. The molecule has 1 fully saturated rings. The van der Waals surface area contributed by atoms with Crippen LogP contribution >= 0.6 is 0 Å². The van der Waals surface area contributed by atoms with Crippen molar-refractivity contribution in [1.29, 1.82) is 0 Å². The molecule has 0 aliphatic carbocycles. The van der Waals surface area contributed by atoms with Gasteiger partial charge in [-0.3, -0.25) is 4.99 Å². The number of hydrogen-bond acceptors (Lipinski definition) is 3. The summed E-state index contributed by atoms with van der Waals surface area (Å²) in [6.07, 6.45) is 2.53. The minimum atomic E-state index is -0.700. The van der Waals surface area contributed by atoms with Crippen molar-refractivity contribution in [3.05, 3.63) is 30.3 Å². The second-order valence-electron chi connectivity index (χ2n) is 6.54. The van der Waals surface area contributed by atoms with Gasteiger partial charge in [-0.25, -0.2) is 0 Å². The van der Waals surface area contributed by atoms with Crippen molar-refractivity contribution in [2.24, 2.45) is 4.99 Å². The van der Waals surface area contributed by atoms with Gasteiger partial charge < -0.3 is 20.6 Å². The van der Waals surface area contributed by atoms with Gasteiger partial charge in [0.2, 0.25) is 0 Å². The molecule has 1 aliphatic heterocycles. The minimum absolute atomic E-state index is 0.374. The first-order chi connectivity index (χ1) is 11.6. The molecule has 5 heteroatoms. The maximum Gasteiger partial charge on any atom is 0.191 e. The van der Waals surface area contributed by atoms with E-state index in [0.717, 1.165) is 44.9 Å². The molecule has 1 heterocycles. The van der Waals surface area contributed by atoms with E-state index in [9.17, 15) is 5.11 Å². The number of para-hydroxylation sites is 1. The van der Waals surface area contributed by atoms with Crippen molar-refractivity contribution < 1.29 is 5.11 Å². The molecule has 0 bridgehead atoms. The highest BCUT2D eigenvalue weighted by atomic mass is 16.3. The summed E-state index contributed by atoms with van der Waals surface area (Å²) < 4.78 is 0. The van der Waals surface area contributed by atoms with E-state index in [4.69, 9.17) is 0 Å². The summed E-state index contributed by atoms with van der Waals surface area (Å²) in [5, 5.41) is 17.2. The van der Waals surface area contributed by atoms with Gasteiger partial charge >= 0.3 is 0 Å². The Morgan fingerprint density at radius 1 is 1.25 bits per heavy atom. The second kappa shape index (κ2) is 8.92. The zero-order valence-corrected chi connectivity index (χ0v) is 15.3. The molecule has 0 saturated carbocycles. The fourth-order valence-electron chi connectivity index (χ4n) is 2.96. The van der Waals surface area contributed by atoms with Crippen LogP contribution in [0.2, 0.25) is 0 Å². The highest BCUT2D eigenvalue weighted by Crippen LogP contribution is 2.19. The van der Waals surface area contributed by atoms with Crippen LogP contribution < -0.4 is 15.5 Å². The predicted octanol–water partition coefficient (Wildman–Crippen LogP) is 2.37. The first-order valence-corrected chi connectivity index (χ1v) is 9.17. The Kier molecular flexibility index (Phi) is 6.91. The zero-order valence-electron chi connectivity index (χ0n) is 15.3. The van der Waals surface area contributed by atoms with Crippen LogP contribution in [0.25, 0.3) is 0 Å². The molecule has 0 spiro atoms. The SMILES string of the molecule is CCNC(=NCC(O)(CC)CC)NC1CCN(c2ccccc2)C1. The topological polar surface area (TPSA) is 59.9 Å². The molecule has 134 valence electrons. The molecule has 1 atom stereocenters. The monoisotopic (exact) mass is 332 g/mol. The van der Waals surface area contributed by atoms with E-state index in [-0.39, 0.29) is 0 Å². The third-order valence-electron chi connectivity index (χ3n) is 4.84. The number of rotatable bonds is 7. The molecular formula is C19H32N4O. The van der Waals surface area contributed by atoms with Crippen molar-refractivity contribution >= 4 is 11.6 Å². The Balaban J connectivity index is 1.94. The Labute approximate surface area is 146 Å². The third-order valence-corrected chi connectivity index (χ3v) is 4.84. The van der Waals surface area contributed by atoms with Gasteiger partial charge in [0.1, 0.15) is 0 Å². The van der Waals surface area contributed by atoms with Crippen LogP contribution in [-0.4, -0.2) is 48.9 Å². The highest BCUT2D eigenvalue weighted by Gasteiger charge is 2.25. The summed E-state index contributed by atoms with van der Waals surface area (Å²) in [7, 11) is 0. The lowest BCUT2D eigenvalue weighted by Crippen LogP contribution is -2.45. The lowest BCUT2D eigenvalue weighted by molar-refractivity contribution is 0.0418. The standard InChI is InChI=1S/C19H32N4O/c1-4-19(24,5-2)15-21-18(20-6-3)22-16-12-13-23(14-16)17-10-8-7-9-11-17/h7-11,16,24H,4-6,12-15H2,1-3H3,(H2,20,21,22). The van der Waals surface area contributed by atoms with E-state index in [1.165, 1.54) is 5.69 Å². The van der Waals surface area contributed by atoms with Gasteiger partial charge in [-0.15, -0.1) is 0 Å². The number of guanidine groups is 1. The van der Waals surface area contributed by atoms with Crippen LogP contribution in [0, 0.1) is 0 Å². The Morgan fingerprint density at radius 2 is 1.96 bits per heavy atom. The van der Waals surface area contributed by atoms with Crippen LogP contribution in [0.4, 0.5) is 5.69 Å². The average molecular weight is 332 g/mol. The van der Waals surface area contributed by atoms with E-state index >= 15 is 0 Å². The third kappa shape index (κ3) is 5.13. The van der Waals surface area contributed by atoms with Gasteiger partial charge in [-0.2, -0.15) is 0 Å². The van der Waals surface area contributed by atoms with Crippen LogP contribution in [0.5, 0.6) is 0 Å². The predicted molar refractivity (Wildman–Crippen MR) is 102 cm³/mol. The molecule has 24 heavy (non-hydrogen) atoms. The smallest absolute Gasteiger partial charge is 0.191 e. The van der Waals surface area contributed by atoms with Crippen molar-refractivity contribution in [1.82, 2.24) is 10.6 Å². The maximum atomic E-state index is 10.4. The van der Waals surface area contributed by atoms with E-state index in [1.54, 1.807) is 0 Å².